The Bertz CT molecular complexity index is 426. The highest BCUT2D eigenvalue weighted by Crippen LogP contribution is 2.30. The zero-order valence-electron chi connectivity index (χ0n) is 9.90. The number of rotatable bonds is 4. The molecule has 0 aliphatic carbocycles. The van der Waals surface area contributed by atoms with Crippen LogP contribution in [0.3, 0.4) is 0 Å². The second kappa shape index (κ2) is 4.44. The first-order chi connectivity index (χ1) is 8.14. The van der Waals surface area contributed by atoms with E-state index in [1.807, 2.05) is 19.2 Å². The van der Waals surface area contributed by atoms with Crippen LogP contribution in [-0.2, 0) is 11.3 Å². The minimum absolute atomic E-state index is 0.191. The lowest BCUT2D eigenvalue weighted by atomic mass is 9.91. The summed E-state index contributed by atoms with van der Waals surface area (Å²) in [5.41, 5.74) is -0.706. The van der Waals surface area contributed by atoms with Crippen molar-refractivity contribution in [2.75, 3.05) is 0 Å². The van der Waals surface area contributed by atoms with Gasteiger partial charge in [0.25, 0.3) is 5.91 Å². The molecule has 3 amide bonds. The maximum atomic E-state index is 11.9. The summed E-state index contributed by atoms with van der Waals surface area (Å²) in [4.78, 5) is 29.5. The minimum Gasteiger partial charge on any atom is -0.303 e. The molecule has 1 aromatic heterocycles. The van der Waals surface area contributed by atoms with E-state index in [1.165, 1.54) is 11.3 Å². The third-order valence-electron chi connectivity index (χ3n) is 3.35. The van der Waals surface area contributed by atoms with Crippen LogP contribution in [0.4, 0.5) is 4.79 Å². The molecule has 2 heterocycles. The quantitative estimate of drug-likeness (QED) is 0.832. The number of hydrogen-bond donors (Lipinski definition) is 1. The first kappa shape index (κ1) is 12.0. The highest BCUT2D eigenvalue weighted by atomic mass is 32.1. The molecular formula is C11H15N3O2S. The van der Waals surface area contributed by atoms with Crippen LogP contribution in [0.5, 0.6) is 0 Å². The van der Waals surface area contributed by atoms with Gasteiger partial charge in [-0.15, -0.1) is 11.3 Å². The average molecular weight is 253 g/mol. The third kappa shape index (κ3) is 1.82. The molecule has 1 aliphatic heterocycles. The van der Waals surface area contributed by atoms with Crippen LogP contribution in [0, 0.1) is 0 Å². The molecule has 0 spiro atoms. The Kier molecular flexibility index (Phi) is 3.15. The summed E-state index contributed by atoms with van der Waals surface area (Å²) in [6.07, 6.45) is 2.94. The Hall–Kier alpha value is -1.43. The molecule has 1 N–H and O–H groups in total. The highest BCUT2D eigenvalue weighted by Gasteiger charge is 2.50. The second-order valence-electron chi connectivity index (χ2n) is 4.01. The lowest BCUT2D eigenvalue weighted by Crippen LogP contribution is -2.48. The van der Waals surface area contributed by atoms with Crippen LogP contribution in [0.15, 0.2) is 11.6 Å². The highest BCUT2D eigenvalue weighted by molar-refractivity contribution is 7.09. The maximum Gasteiger partial charge on any atom is 0.325 e. The van der Waals surface area contributed by atoms with Crippen LogP contribution >= 0.6 is 11.3 Å². The number of imide groups is 1. The zero-order valence-corrected chi connectivity index (χ0v) is 10.7. The Labute approximate surface area is 104 Å². The molecule has 1 fully saturated rings. The summed E-state index contributed by atoms with van der Waals surface area (Å²) < 4.78 is 0. The summed E-state index contributed by atoms with van der Waals surface area (Å²) >= 11 is 1.49. The molecule has 17 heavy (non-hydrogen) atoms. The molecule has 5 nitrogen and oxygen atoms in total. The van der Waals surface area contributed by atoms with Gasteiger partial charge in [0.2, 0.25) is 0 Å². The summed E-state index contributed by atoms with van der Waals surface area (Å²) in [5, 5.41) is 5.11. The Balaban J connectivity index is 2.29. The molecular weight excluding hydrogens is 238 g/mol. The predicted molar refractivity (Wildman–Crippen MR) is 64.5 cm³/mol. The van der Waals surface area contributed by atoms with Crippen molar-refractivity contribution < 1.29 is 9.59 Å². The van der Waals surface area contributed by atoms with Crippen molar-refractivity contribution in [2.45, 2.75) is 38.8 Å². The predicted octanol–water partition coefficient (Wildman–Crippen LogP) is 1.75. The number of aromatic nitrogens is 1. The van der Waals surface area contributed by atoms with Gasteiger partial charge in [0, 0.05) is 11.6 Å². The van der Waals surface area contributed by atoms with Gasteiger partial charge in [-0.25, -0.2) is 9.78 Å². The van der Waals surface area contributed by atoms with Gasteiger partial charge in [0.05, 0.1) is 6.54 Å². The standard InChI is InChI=1S/C11H15N3O2S/c1-3-11(4-2)9(15)13-10(16)14(11)7-8-12-5-6-17-8/h5-6H,3-4,7H2,1-2H3,(H,13,15,16). The Morgan fingerprint density at radius 1 is 1.41 bits per heavy atom. The van der Waals surface area contributed by atoms with Crippen LogP contribution < -0.4 is 5.32 Å². The van der Waals surface area contributed by atoms with Crippen molar-refractivity contribution in [3.05, 3.63) is 16.6 Å². The zero-order chi connectivity index (χ0) is 12.5. The van der Waals surface area contributed by atoms with Crippen molar-refractivity contribution in [2.24, 2.45) is 0 Å². The first-order valence-electron chi connectivity index (χ1n) is 5.65. The van der Waals surface area contributed by atoms with Gasteiger partial charge in [0.15, 0.2) is 0 Å². The summed E-state index contributed by atoms with van der Waals surface area (Å²) in [7, 11) is 0. The van der Waals surface area contributed by atoms with Gasteiger partial charge in [0.1, 0.15) is 10.5 Å². The van der Waals surface area contributed by atoms with Crippen molar-refractivity contribution in [1.82, 2.24) is 15.2 Å². The number of carbonyl (C=O) groups excluding carboxylic acids is 2. The summed E-state index contributed by atoms with van der Waals surface area (Å²) in [5.74, 6) is -0.191. The van der Waals surface area contributed by atoms with Crippen molar-refractivity contribution >= 4 is 23.3 Å². The van der Waals surface area contributed by atoms with E-state index in [0.717, 1.165) is 5.01 Å². The van der Waals surface area contributed by atoms with Crippen molar-refractivity contribution in [3.63, 3.8) is 0 Å². The molecule has 1 aliphatic rings. The van der Waals surface area contributed by atoms with Gasteiger partial charge < -0.3 is 4.90 Å². The fourth-order valence-electron chi connectivity index (χ4n) is 2.24. The molecule has 6 heteroatoms. The fourth-order valence-corrected chi connectivity index (χ4v) is 2.84. The van der Waals surface area contributed by atoms with Gasteiger partial charge in [-0.3, -0.25) is 10.1 Å². The lowest BCUT2D eigenvalue weighted by Gasteiger charge is -2.32. The van der Waals surface area contributed by atoms with Crippen LogP contribution in [0.1, 0.15) is 31.7 Å². The van der Waals surface area contributed by atoms with E-state index in [-0.39, 0.29) is 11.9 Å². The topological polar surface area (TPSA) is 62.3 Å². The molecule has 0 radical (unpaired) electrons. The summed E-state index contributed by atoms with van der Waals surface area (Å²) in [6, 6.07) is -0.311. The second-order valence-corrected chi connectivity index (χ2v) is 4.99. The van der Waals surface area contributed by atoms with Crippen molar-refractivity contribution in [3.8, 4) is 0 Å². The smallest absolute Gasteiger partial charge is 0.303 e. The number of carbonyl (C=O) groups is 2. The molecule has 0 aromatic carbocycles. The number of thiazole rings is 1. The van der Waals surface area contributed by atoms with E-state index in [0.29, 0.717) is 19.4 Å². The normalized spacial score (nSPS) is 18.6. The lowest BCUT2D eigenvalue weighted by molar-refractivity contribution is -0.127. The molecule has 0 unspecified atom stereocenters. The molecule has 2 rings (SSSR count). The maximum absolute atomic E-state index is 11.9. The third-order valence-corrected chi connectivity index (χ3v) is 4.12. The minimum atomic E-state index is -0.706. The van der Waals surface area contributed by atoms with Gasteiger partial charge >= 0.3 is 6.03 Å². The fraction of sp³-hybridized carbons (Fsp3) is 0.545. The van der Waals surface area contributed by atoms with Gasteiger partial charge in [-0.1, -0.05) is 13.8 Å². The molecule has 0 saturated carbocycles. The number of urea groups is 1. The molecule has 0 bridgehead atoms. The van der Waals surface area contributed by atoms with E-state index in [1.54, 1.807) is 11.1 Å². The SMILES string of the molecule is CCC1(CC)C(=O)NC(=O)N1Cc1nccs1. The van der Waals surface area contributed by atoms with Crippen LogP contribution in [0.2, 0.25) is 0 Å². The number of hydrogen-bond acceptors (Lipinski definition) is 4. The van der Waals surface area contributed by atoms with E-state index >= 15 is 0 Å². The Morgan fingerprint density at radius 3 is 2.65 bits per heavy atom. The van der Waals surface area contributed by atoms with Crippen LogP contribution in [0.25, 0.3) is 0 Å². The Morgan fingerprint density at radius 2 is 2.12 bits per heavy atom. The number of nitrogens with one attached hydrogen (secondary N) is 1. The molecule has 92 valence electrons. The van der Waals surface area contributed by atoms with E-state index < -0.39 is 5.54 Å². The van der Waals surface area contributed by atoms with Gasteiger partial charge in [-0.05, 0) is 12.8 Å². The average Bonchev–Trinajstić information content (AvgIpc) is 2.89. The number of amides is 3. The molecule has 0 atom stereocenters. The first-order valence-corrected chi connectivity index (χ1v) is 6.53. The largest absolute Gasteiger partial charge is 0.325 e. The van der Waals surface area contributed by atoms with E-state index in [9.17, 15) is 9.59 Å². The van der Waals surface area contributed by atoms with Gasteiger partial charge in [-0.2, -0.15) is 0 Å². The number of nitrogens with zero attached hydrogens (tertiary/aromatic N) is 2. The molecule has 1 aromatic rings. The van der Waals surface area contributed by atoms with E-state index in [2.05, 4.69) is 10.3 Å². The summed E-state index contributed by atoms with van der Waals surface area (Å²) in [6.45, 7) is 4.25. The monoisotopic (exact) mass is 253 g/mol. The van der Waals surface area contributed by atoms with Crippen molar-refractivity contribution in [1.29, 1.82) is 0 Å². The van der Waals surface area contributed by atoms with E-state index in [4.69, 9.17) is 0 Å². The van der Waals surface area contributed by atoms with Crippen LogP contribution in [-0.4, -0.2) is 27.4 Å². The molecule has 1 saturated heterocycles.